The Kier molecular flexibility index (Phi) is 5.36. The average molecular weight is 412 g/mol. The number of nitrogens with zero attached hydrogens (tertiary/aromatic N) is 6. The van der Waals surface area contributed by atoms with Gasteiger partial charge in [0.1, 0.15) is 5.60 Å². The minimum atomic E-state index is -0.541. The molecule has 0 aliphatic carbocycles. The first-order valence-electron chi connectivity index (χ1n) is 10.1. The van der Waals surface area contributed by atoms with Crippen LogP contribution in [0.3, 0.4) is 0 Å². The minimum Gasteiger partial charge on any atom is -0.444 e. The topological polar surface area (TPSA) is 85.5 Å². The molecule has 0 unspecified atom stereocenters. The summed E-state index contributed by atoms with van der Waals surface area (Å²) in [5, 5.41) is 4.27. The molecular formula is C21H25FN6O2. The van der Waals surface area contributed by atoms with Gasteiger partial charge in [0.25, 0.3) is 0 Å². The molecule has 9 heteroatoms. The Hall–Kier alpha value is -3.10. The zero-order chi connectivity index (χ0) is 21.3. The number of piperidine rings is 1. The molecule has 30 heavy (non-hydrogen) atoms. The van der Waals surface area contributed by atoms with Gasteiger partial charge in [-0.15, -0.1) is 0 Å². The van der Waals surface area contributed by atoms with Crippen LogP contribution in [0.15, 0.2) is 31.0 Å². The molecule has 3 aromatic rings. The molecule has 0 spiro atoms. The molecule has 0 aromatic carbocycles. The van der Waals surface area contributed by atoms with Crippen LogP contribution in [-0.4, -0.2) is 54.2 Å². The Morgan fingerprint density at radius 2 is 2.13 bits per heavy atom. The third kappa shape index (κ3) is 4.39. The van der Waals surface area contributed by atoms with Crippen molar-refractivity contribution in [1.82, 2.24) is 29.5 Å². The fraction of sp³-hybridized carbons (Fsp3) is 0.476. The Morgan fingerprint density at radius 1 is 1.30 bits per heavy atom. The zero-order valence-corrected chi connectivity index (χ0v) is 17.4. The number of likely N-dealkylation sites (tertiary alicyclic amines) is 1. The van der Waals surface area contributed by atoms with E-state index in [1.54, 1.807) is 34.2 Å². The third-order valence-corrected chi connectivity index (χ3v) is 5.04. The van der Waals surface area contributed by atoms with Crippen LogP contribution in [0.1, 0.15) is 39.3 Å². The minimum absolute atomic E-state index is 0.106. The molecule has 0 N–H and O–H groups in total. The molecule has 4 heterocycles. The molecule has 0 radical (unpaired) electrons. The van der Waals surface area contributed by atoms with Gasteiger partial charge in [-0.05, 0) is 46.0 Å². The van der Waals surface area contributed by atoms with Crippen LogP contribution in [0.5, 0.6) is 0 Å². The summed E-state index contributed by atoms with van der Waals surface area (Å²) in [4.78, 5) is 26.9. The number of carbonyl (C=O) groups is 1. The smallest absolute Gasteiger partial charge is 0.410 e. The van der Waals surface area contributed by atoms with Crippen LogP contribution in [0.4, 0.5) is 9.18 Å². The van der Waals surface area contributed by atoms with Crippen LogP contribution in [0, 0.1) is 11.7 Å². The third-order valence-electron chi connectivity index (χ3n) is 5.04. The number of rotatable bonds is 3. The van der Waals surface area contributed by atoms with Crippen molar-refractivity contribution in [3.05, 3.63) is 42.5 Å². The molecule has 4 rings (SSSR count). The van der Waals surface area contributed by atoms with E-state index in [4.69, 9.17) is 4.74 Å². The van der Waals surface area contributed by atoms with Gasteiger partial charge in [-0.2, -0.15) is 5.10 Å². The van der Waals surface area contributed by atoms with Gasteiger partial charge in [-0.1, -0.05) is 0 Å². The summed E-state index contributed by atoms with van der Waals surface area (Å²) in [6, 6.07) is 0. The van der Waals surface area contributed by atoms with Gasteiger partial charge in [-0.25, -0.2) is 23.7 Å². The highest BCUT2D eigenvalue weighted by Gasteiger charge is 2.28. The van der Waals surface area contributed by atoms with Crippen molar-refractivity contribution in [3.63, 3.8) is 0 Å². The van der Waals surface area contributed by atoms with E-state index < -0.39 is 11.4 Å². The molecule has 8 nitrogen and oxygen atoms in total. The Bertz CT molecular complexity index is 1060. The quantitative estimate of drug-likeness (QED) is 0.654. The maximum atomic E-state index is 14.5. The molecule has 1 aliphatic rings. The normalized spacial score (nSPS) is 17.3. The molecule has 3 aromatic heterocycles. The van der Waals surface area contributed by atoms with Gasteiger partial charge in [0.2, 0.25) is 0 Å². The molecule has 1 saturated heterocycles. The van der Waals surface area contributed by atoms with Crippen molar-refractivity contribution >= 4 is 11.6 Å². The van der Waals surface area contributed by atoms with Gasteiger partial charge >= 0.3 is 6.09 Å². The number of aromatic nitrogens is 5. The van der Waals surface area contributed by atoms with Gasteiger partial charge in [0.05, 0.1) is 35.4 Å². The molecule has 1 fully saturated rings. The van der Waals surface area contributed by atoms with E-state index in [9.17, 15) is 9.18 Å². The fourth-order valence-electron chi connectivity index (χ4n) is 3.68. The van der Waals surface area contributed by atoms with E-state index in [1.165, 1.54) is 6.20 Å². The number of halogens is 1. The second-order valence-corrected chi connectivity index (χ2v) is 8.59. The van der Waals surface area contributed by atoms with Crippen molar-refractivity contribution < 1.29 is 13.9 Å². The van der Waals surface area contributed by atoms with Crippen LogP contribution in [0.25, 0.3) is 16.9 Å². The lowest BCUT2D eigenvalue weighted by Gasteiger charge is -2.34. The van der Waals surface area contributed by atoms with E-state index in [0.29, 0.717) is 36.6 Å². The standard InChI is InChI=1S/C21H25FN6O2/c1-21(2,3)30-20(29)27-7-4-5-14(13-27)9-17-16(22)11-24-19(26-17)15-10-25-28-8-6-23-12-18(15)28/h6,8,10-12,14H,4-5,7,9,13H2,1-3H3/t14-/m0/s1. The molecule has 158 valence electrons. The first kappa shape index (κ1) is 20.2. The predicted molar refractivity (Wildman–Crippen MR) is 108 cm³/mol. The summed E-state index contributed by atoms with van der Waals surface area (Å²) in [5.41, 5.74) is 1.26. The van der Waals surface area contributed by atoms with Crippen molar-refractivity contribution in [2.75, 3.05) is 13.1 Å². The maximum Gasteiger partial charge on any atom is 0.410 e. The maximum absolute atomic E-state index is 14.5. The van der Waals surface area contributed by atoms with E-state index in [2.05, 4.69) is 20.1 Å². The fourth-order valence-corrected chi connectivity index (χ4v) is 3.68. The highest BCUT2D eigenvalue weighted by Crippen LogP contribution is 2.25. The molecule has 0 bridgehead atoms. The summed E-state index contributed by atoms with van der Waals surface area (Å²) in [6.07, 6.45) is 9.76. The largest absolute Gasteiger partial charge is 0.444 e. The van der Waals surface area contributed by atoms with Crippen LogP contribution >= 0.6 is 0 Å². The first-order valence-corrected chi connectivity index (χ1v) is 10.1. The monoisotopic (exact) mass is 412 g/mol. The summed E-state index contributed by atoms with van der Waals surface area (Å²) < 4.78 is 21.7. The first-order chi connectivity index (χ1) is 14.3. The lowest BCUT2D eigenvalue weighted by Crippen LogP contribution is -2.43. The van der Waals surface area contributed by atoms with E-state index >= 15 is 0 Å². The summed E-state index contributed by atoms with van der Waals surface area (Å²) in [7, 11) is 0. The zero-order valence-electron chi connectivity index (χ0n) is 17.4. The second-order valence-electron chi connectivity index (χ2n) is 8.59. The number of ether oxygens (including phenoxy) is 1. The molecule has 1 aliphatic heterocycles. The molecule has 0 saturated carbocycles. The van der Waals surface area contributed by atoms with Gasteiger partial charge in [-0.3, -0.25) is 4.98 Å². The van der Waals surface area contributed by atoms with E-state index in [0.717, 1.165) is 18.4 Å². The van der Waals surface area contributed by atoms with Crippen LogP contribution in [0.2, 0.25) is 0 Å². The van der Waals surface area contributed by atoms with Gasteiger partial charge in [0.15, 0.2) is 11.6 Å². The van der Waals surface area contributed by atoms with Crippen molar-refractivity contribution in [2.45, 2.75) is 45.6 Å². The number of carbonyl (C=O) groups excluding carboxylic acids is 1. The average Bonchev–Trinajstić information content (AvgIpc) is 3.13. The number of hydrogen-bond donors (Lipinski definition) is 0. The second kappa shape index (κ2) is 7.97. The predicted octanol–water partition coefficient (Wildman–Crippen LogP) is 3.52. The van der Waals surface area contributed by atoms with Crippen LogP contribution < -0.4 is 0 Å². The molecule has 1 atom stereocenters. The lowest BCUT2D eigenvalue weighted by molar-refractivity contribution is 0.0165. The molecular weight excluding hydrogens is 387 g/mol. The van der Waals surface area contributed by atoms with E-state index in [1.807, 2.05) is 20.8 Å². The summed E-state index contributed by atoms with van der Waals surface area (Å²) >= 11 is 0. The number of amides is 1. The van der Waals surface area contributed by atoms with E-state index in [-0.39, 0.29) is 12.0 Å². The Labute approximate surface area is 174 Å². The Balaban J connectivity index is 1.52. The van der Waals surface area contributed by atoms with Crippen LogP contribution in [-0.2, 0) is 11.2 Å². The van der Waals surface area contributed by atoms with Crippen molar-refractivity contribution in [1.29, 1.82) is 0 Å². The number of hydrogen-bond acceptors (Lipinski definition) is 6. The SMILES string of the molecule is CC(C)(C)OC(=O)N1CCC[C@@H](Cc2nc(-c3cnn4ccncc34)ncc2F)C1. The lowest BCUT2D eigenvalue weighted by atomic mass is 9.93. The summed E-state index contributed by atoms with van der Waals surface area (Å²) in [5.74, 6) is 0.0750. The van der Waals surface area contributed by atoms with Crippen molar-refractivity contribution in [2.24, 2.45) is 5.92 Å². The highest BCUT2D eigenvalue weighted by molar-refractivity contribution is 5.74. The highest BCUT2D eigenvalue weighted by atomic mass is 19.1. The van der Waals surface area contributed by atoms with Gasteiger partial charge in [0, 0.05) is 25.5 Å². The Morgan fingerprint density at radius 3 is 2.93 bits per heavy atom. The molecule has 1 amide bonds. The van der Waals surface area contributed by atoms with Crippen molar-refractivity contribution in [3.8, 4) is 11.4 Å². The van der Waals surface area contributed by atoms with Gasteiger partial charge < -0.3 is 9.64 Å². The number of fused-ring (bicyclic) bond motifs is 1. The summed E-state index contributed by atoms with van der Waals surface area (Å²) in [6.45, 7) is 6.72.